The zero-order valence-electron chi connectivity index (χ0n) is 20.0. The van der Waals surface area contributed by atoms with Crippen LogP contribution in [0.2, 0.25) is 13.1 Å². The van der Waals surface area contributed by atoms with Gasteiger partial charge in [0.2, 0.25) is 0 Å². The molecule has 0 radical (unpaired) electrons. The Morgan fingerprint density at radius 3 is 2.53 bits per heavy atom. The molecule has 172 valence electrons. The van der Waals surface area contributed by atoms with E-state index in [-0.39, 0.29) is 16.9 Å². The minimum absolute atomic E-state index is 0.0730. The molecule has 1 N–H and O–H groups in total. The smallest absolute Gasteiger partial charge is 0.251 e. The van der Waals surface area contributed by atoms with Gasteiger partial charge in [-0.25, -0.2) is 0 Å². The van der Waals surface area contributed by atoms with Crippen LogP contribution in [0.4, 0.5) is 0 Å². The molecule has 0 saturated heterocycles. The fraction of sp³-hybridized carbons (Fsp3) is 0.520. The number of benzene rings is 1. The molecular weight excluding hydrogens is 420 g/mol. The van der Waals surface area contributed by atoms with Crippen molar-refractivity contribution < 1.29 is 14.3 Å². The Kier molecular flexibility index (Phi) is 6.71. The van der Waals surface area contributed by atoms with Gasteiger partial charge in [0.15, 0.2) is 9.04 Å². The Bertz CT molecular complexity index is 1080. The molecule has 2 aromatic rings. The predicted molar refractivity (Wildman–Crippen MR) is 128 cm³/mol. The molecule has 0 spiro atoms. The minimum Gasteiger partial charge on any atom is -0.485 e. The molecule has 3 rings (SSSR count). The largest absolute Gasteiger partial charge is 0.485 e. The average Bonchev–Trinajstić information content (AvgIpc) is 2.68. The first kappa shape index (κ1) is 24.2. The van der Waals surface area contributed by atoms with Crippen molar-refractivity contribution in [2.24, 2.45) is 5.41 Å². The van der Waals surface area contributed by atoms with Crippen molar-refractivity contribution in [2.75, 3.05) is 6.61 Å². The van der Waals surface area contributed by atoms with Crippen LogP contribution in [0.1, 0.15) is 63.3 Å². The summed E-state index contributed by atoms with van der Waals surface area (Å²) in [5.41, 5.74) is 0.849. The monoisotopic (exact) mass is 454 g/mol. The maximum absolute atomic E-state index is 13.3. The third kappa shape index (κ3) is 4.83. The van der Waals surface area contributed by atoms with Gasteiger partial charge >= 0.3 is 0 Å². The summed E-state index contributed by atoms with van der Waals surface area (Å²) in [5, 5.41) is 20.5. The van der Waals surface area contributed by atoms with Gasteiger partial charge in [-0.3, -0.25) is 4.79 Å². The molecule has 32 heavy (non-hydrogen) atoms. The third-order valence-electron chi connectivity index (χ3n) is 6.16. The van der Waals surface area contributed by atoms with E-state index in [2.05, 4.69) is 39.9 Å². The summed E-state index contributed by atoms with van der Waals surface area (Å²) in [6.45, 7) is 14.9. The maximum Gasteiger partial charge on any atom is 0.251 e. The summed E-state index contributed by atoms with van der Waals surface area (Å²) in [5.74, 6) is 0.649. The first-order chi connectivity index (χ1) is 14.8. The lowest BCUT2D eigenvalue weighted by atomic mass is 9.77. The number of nitriles is 1. The number of pyridine rings is 1. The number of aliphatic hydroxyl groups excluding tert-OH is 1. The van der Waals surface area contributed by atoms with Crippen molar-refractivity contribution in [1.82, 2.24) is 4.57 Å². The molecule has 0 aliphatic carbocycles. The zero-order chi connectivity index (χ0) is 23.8. The predicted octanol–water partition coefficient (Wildman–Crippen LogP) is 3.97. The number of fused-ring (bicyclic) bond motifs is 1. The van der Waals surface area contributed by atoms with Gasteiger partial charge in [-0.05, 0) is 62.2 Å². The summed E-state index contributed by atoms with van der Waals surface area (Å²) in [7, 11) is -1.19. The van der Waals surface area contributed by atoms with Crippen molar-refractivity contribution in [3.05, 3.63) is 63.6 Å². The Balaban J connectivity index is 2.09. The molecule has 7 heteroatoms. The molecule has 1 aliphatic rings. The van der Waals surface area contributed by atoms with E-state index in [4.69, 9.17) is 9.16 Å². The Labute approximate surface area is 192 Å². The first-order valence-electron chi connectivity index (χ1n) is 11.1. The van der Waals surface area contributed by atoms with Gasteiger partial charge in [0.05, 0.1) is 17.7 Å². The first-order valence-corrected chi connectivity index (χ1v) is 13.9. The Morgan fingerprint density at radius 2 is 1.97 bits per heavy atom. The van der Waals surface area contributed by atoms with E-state index in [1.807, 2.05) is 6.07 Å². The molecular formula is C25H34N2O4Si. The van der Waals surface area contributed by atoms with Crippen LogP contribution in [0.5, 0.6) is 5.75 Å². The summed E-state index contributed by atoms with van der Waals surface area (Å²) >= 11 is 0. The van der Waals surface area contributed by atoms with Gasteiger partial charge < -0.3 is 18.8 Å². The van der Waals surface area contributed by atoms with E-state index < -0.39 is 26.8 Å². The Morgan fingerprint density at radius 1 is 1.28 bits per heavy atom. The van der Waals surface area contributed by atoms with Gasteiger partial charge in [0.25, 0.3) is 5.56 Å². The lowest BCUT2D eigenvalue weighted by Crippen LogP contribution is -2.52. The zero-order valence-corrected chi connectivity index (χ0v) is 21.2. The number of aromatic nitrogens is 1. The van der Waals surface area contributed by atoms with Crippen LogP contribution in [0, 0.1) is 16.7 Å². The lowest BCUT2D eigenvalue weighted by molar-refractivity contribution is -0.0643. The van der Waals surface area contributed by atoms with E-state index in [0.29, 0.717) is 23.5 Å². The number of ether oxygens (including phenoxy) is 1. The van der Waals surface area contributed by atoms with Crippen molar-refractivity contribution in [2.45, 2.75) is 71.4 Å². The third-order valence-corrected chi connectivity index (χ3v) is 7.02. The van der Waals surface area contributed by atoms with Crippen LogP contribution >= 0.6 is 0 Å². The van der Waals surface area contributed by atoms with E-state index in [1.165, 1.54) is 0 Å². The molecule has 0 bridgehead atoms. The van der Waals surface area contributed by atoms with Crippen molar-refractivity contribution in [3.63, 3.8) is 0 Å². The number of hydrogen-bond donors (Lipinski definition) is 1. The molecule has 1 aromatic carbocycles. The van der Waals surface area contributed by atoms with Crippen LogP contribution in [0.15, 0.2) is 41.3 Å². The highest BCUT2D eigenvalue weighted by Gasteiger charge is 2.44. The number of aliphatic hydroxyl groups is 1. The SMILES string of the molecule is C[SiH](C)OCC(c1ccn([C@@H]2c3cc(C#N)ccc3OC(C)(C)[C@H]2O)c(=O)c1)C(C)(C)C. The molecule has 1 aliphatic heterocycles. The number of rotatable bonds is 5. The highest BCUT2D eigenvalue weighted by atomic mass is 28.3. The van der Waals surface area contributed by atoms with Crippen molar-refractivity contribution in [1.29, 1.82) is 5.26 Å². The summed E-state index contributed by atoms with van der Waals surface area (Å²) in [4.78, 5) is 13.3. The second-order valence-corrected chi connectivity index (χ2v) is 12.9. The van der Waals surface area contributed by atoms with Crippen LogP contribution < -0.4 is 10.3 Å². The summed E-state index contributed by atoms with van der Waals surface area (Å²) in [6, 6.07) is 10.2. The van der Waals surface area contributed by atoms with Gasteiger partial charge in [-0.2, -0.15) is 5.26 Å². The quantitative estimate of drug-likeness (QED) is 0.691. The van der Waals surface area contributed by atoms with Gasteiger partial charge in [0.1, 0.15) is 17.5 Å². The van der Waals surface area contributed by atoms with Crippen LogP contribution in [0.3, 0.4) is 0 Å². The lowest BCUT2D eigenvalue weighted by Gasteiger charge is -2.42. The van der Waals surface area contributed by atoms with E-state index in [9.17, 15) is 15.2 Å². The van der Waals surface area contributed by atoms with Crippen molar-refractivity contribution >= 4 is 9.04 Å². The molecule has 3 atom stereocenters. The van der Waals surface area contributed by atoms with E-state index in [1.54, 1.807) is 48.9 Å². The number of hydrogen-bond acceptors (Lipinski definition) is 5. The second-order valence-electron chi connectivity index (χ2n) is 10.5. The maximum atomic E-state index is 13.3. The molecule has 0 fully saturated rings. The molecule has 1 unspecified atom stereocenters. The van der Waals surface area contributed by atoms with Gasteiger partial charge in [-0.15, -0.1) is 0 Å². The normalized spacial score (nSPS) is 20.9. The molecule has 0 saturated carbocycles. The Hall–Kier alpha value is -2.40. The number of nitrogens with zero attached hydrogens (tertiary/aromatic N) is 2. The highest BCUT2D eigenvalue weighted by molar-refractivity contribution is 6.48. The van der Waals surface area contributed by atoms with Gasteiger partial charge in [-0.1, -0.05) is 20.8 Å². The fourth-order valence-electron chi connectivity index (χ4n) is 4.22. The van der Waals surface area contributed by atoms with E-state index in [0.717, 1.165) is 5.56 Å². The fourth-order valence-corrected chi connectivity index (χ4v) is 4.80. The minimum atomic E-state index is -1.19. The molecule has 6 nitrogen and oxygen atoms in total. The van der Waals surface area contributed by atoms with E-state index >= 15 is 0 Å². The topological polar surface area (TPSA) is 84.5 Å². The second kappa shape index (κ2) is 8.85. The van der Waals surface area contributed by atoms with Crippen LogP contribution in [-0.4, -0.2) is 37.0 Å². The van der Waals surface area contributed by atoms with Crippen LogP contribution in [-0.2, 0) is 4.43 Å². The summed E-state index contributed by atoms with van der Waals surface area (Å²) < 4.78 is 13.6. The molecule has 0 amide bonds. The van der Waals surface area contributed by atoms with Crippen molar-refractivity contribution in [3.8, 4) is 11.8 Å². The molecule has 2 heterocycles. The highest BCUT2D eigenvalue weighted by Crippen LogP contribution is 2.42. The average molecular weight is 455 g/mol. The van der Waals surface area contributed by atoms with Gasteiger partial charge in [0, 0.05) is 30.4 Å². The standard InChI is InChI=1S/C25H34N2O4Si/c1-24(2,3)19(15-30-32(6)7)17-10-11-27(21(28)13-17)22-18-12-16(14-26)8-9-20(18)31-25(4,5)23(22)29/h8-13,19,22-23,29,32H,15H2,1-7H3/t19?,22-,23+/m1/s1. The molecule has 1 aromatic heterocycles. The summed E-state index contributed by atoms with van der Waals surface area (Å²) in [6.07, 6.45) is 0.780. The van der Waals surface area contributed by atoms with Crippen LogP contribution in [0.25, 0.3) is 0 Å².